The minimum Gasteiger partial charge on any atom is -0.454 e. The van der Waals surface area contributed by atoms with Crippen molar-refractivity contribution in [1.82, 2.24) is 10.1 Å². The number of fused-ring (bicyclic) bond motifs is 1. The van der Waals surface area contributed by atoms with Crippen molar-refractivity contribution in [3.63, 3.8) is 0 Å². The molecule has 2 aromatic carbocycles. The molecule has 3 aromatic rings. The number of nitrogens with zero attached hydrogens (tertiary/aromatic N) is 3. The summed E-state index contributed by atoms with van der Waals surface area (Å²) in [5, 5.41) is 4.16. The second kappa shape index (κ2) is 10.8. The summed E-state index contributed by atoms with van der Waals surface area (Å²) in [5.74, 6) is 2.04. The third kappa shape index (κ3) is 5.95. The van der Waals surface area contributed by atoms with E-state index in [2.05, 4.69) is 15.0 Å². The third-order valence-corrected chi connectivity index (χ3v) is 6.73. The van der Waals surface area contributed by atoms with Crippen molar-refractivity contribution < 1.29 is 27.2 Å². The lowest BCUT2D eigenvalue weighted by molar-refractivity contribution is -0.137. The molecule has 0 amide bonds. The van der Waals surface area contributed by atoms with Crippen LogP contribution in [0.1, 0.15) is 43.2 Å². The molecular formula is C27H30F3N3O3. The Morgan fingerprint density at radius 1 is 0.889 bits per heavy atom. The minimum atomic E-state index is -4.37. The molecule has 0 bridgehead atoms. The molecule has 36 heavy (non-hydrogen) atoms. The number of benzene rings is 2. The summed E-state index contributed by atoms with van der Waals surface area (Å²) < 4.78 is 55.5. The molecule has 5 rings (SSSR count). The zero-order valence-electron chi connectivity index (χ0n) is 20.1. The van der Waals surface area contributed by atoms with Crippen LogP contribution in [0.5, 0.6) is 11.5 Å². The molecular weight excluding hydrogens is 471 g/mol. The first-order valence-electron chi connectivity index (χ1n) is 12.5. The molecule has 3 heterocycles. The number of halogens is 3. The van der Waals surface area contributed by atoms with Crippen molar-refractivity contribution >= 4 is 5.88 Å². The Bertz CT molecular complexity index is 1140. The molecule has 0 saturated carbocycles. The summed E-state index contributed by atoms with van der Waals surface area (Å²) in [6.45, 7) is 4.85. The normalized spacial score (nSPS) is 16.2. The van der Waals surface area contributed by atoms with Gasteiger partial charge in [-0.1, -0.05) is 36.2 Å². The smallest absolute Gasteiger partial charge is 0.416 e. The zero-order valence-corrected chi connectivity index (χ0v) is 20.1. The van der Waals surface area contributed by atoms with Crippen LogP contribution in [-0.2, 0) is 12.7 Å². The summed E-state index contributed by atoms with van der Waals surface area (Å²) in [6, 6.07) is 12.6. The van der Waals surface area contributed by atoms with Gasteiger partial charge in [-0.05, 0) is 68.7 Å². The van der Waals surface area contributed by atoms with E-state index < -0.39 is 11.7 Å². The number of likely N-dealkylation sites (tertiary alicyclic amines) is 1. The van der Waals surface area contributed by atoms with Crippen molar-refractivity contribution in [1.29, 1.82) is 0 Å². The molecule has 1 fully saturated rings. The predicted octanol–water partition coefficient (Wildman–Crippen LogP) is 6.36. The van der Waals surface area contributed by atoms with E-state index in [0.717, 1.165) is 61.8 Å². The summed E-state index contributed by atoms with van der Waals surface area (Å²) in [4.78, 5) is 4.65. The highest BCUT2D eigenvalue weighted by atomic mass is 19.4. The van der Waals surface area contributed by atoms with Gasteiger partial charge in [0.05, 0.1) is 5.56 Å². The summed E-state index contributed by atoms with van der Waals surface area (Å²) in [7, 11) is 0. The first-order chi connectivity index (χ1) is 17.5. The van der Waals surface area contributed by atoms with Crippen molar-refractivity contribution in [3.8, 4) is 22.8 Å². The van der Waals surface area contributed by atoms with Gasteiger partial charge in [-0.2, -0.15) is 13.2 Å². The number of rotatable bonds is 8. The number of hydrogen-bond acceptors (Lipinski definition) is 6. The van der Waals surface area contributed by atoms with E-state index in [4.69, 9.17) is 14.0 Å². The van der Waals surface area contributed by atoms with Gasteiger partial charge in [0.1, 0.15) is 5.69 Å². The summed E-state index contributed by atoms with van der Waals surface area (Å²) in [6.07, 6.45) is 1.69. The highest BCUT2D eigenvalue weighted by molar-refractivity contribution is 5.62. The van der Waals surface area contributed by atoms with Gasteiger partial charge in [0, 0.05) is 24.7 Å². The van der Waals surface area contributed by atoms with Gasteiger partial charge in [0.2, 0.25) is 12.7 Å². The SMILES string of the molecule is FC(F)(F)c1ccc(-c2cc(N(CCCN3CCCCCC3)Cc3ccc4c(c3)OCO4)on2)cc1. The summed E-state index contributed by atoms with van der Waals surface area (Å²) in [5.41, 5.74) is 1.43. The number of anilines is 1. The maximum atomic E-state index is 12.9. The molecule has 0 spiro atoms. The lowest BCUT2D eigenvalue weighted by atomic mass is 10.1. The average molecular weight is 502 g/mol. The molecule has 0 N–H and O–H groups in total. The highest BCUT2D eigenvalue weighted by Gasteiger charge is 2.30. The Hall–Kier alpha value is -3.20. The van der Waals surface area contributed by atoms with Gasteiger partial charge in [-0.3, -0.25) is 0 Å². The number of ether oxygens (including phenoxy) is 2. The average Bonchev–Trinajstić information content (AvgIpc) is 3.47. The standard InChI is InChI=1S/C27H30F3N3O3/c28-27(29,30)22-9-7-21(8-10-22)23-17-26(36-31-23)33(15-5-14-32-12-3-1-2-4-13-32)18-20-6-11-24-25(16-20)35-19-34-24/h6-11,16-17H,1-5,12-15,18-19H2. The van der Waals surface area contributed by atoms with Gasteiger partial charge in [-0.25, -0.2) is 0 Å². The van der Waals surface area contributed by atoms with E-state index in [1.165, 1.54) is 37.8 Å². The van der Waals surface area contributed by atoms with Gasteiger partial charge in [0.25, 0.3) is 0 Å². The van der Waals surface area contributed by atoms with Crippen LogP contribution >= 0.6 is 0 Å². The molecule has 9 heteroatoms. The van der Waals surface area contributed by atoms with E-state index in [1.54, 1.807) is 6.07 Å². The molecule has 0 aliphatic carbocycles. The van der Waals surface area contributed by atoms with E-state index in [1.807, 2.05) is 18.2 Å². The number of aromatic nitrogens is 1. The van der Waals surface area contributed by atoms with Crippen molar-refractivity contribution in [2.75, 3.05) is 37.9 Å². The molecule has 2 aliphatic heterocycles. The van der Waals surface area contributed by atoms with Crippen molar-refractivity contribution in [3.05, 3.63) is 59.7 Å². The van der Waals surface area contributed by atoms with Crippen LogP contribution in [0.25, 0.3) is 11.3 Å². The van der Waals surface area contributed by atoms with Crippen LogP contribution in [0.2, 0.25) is 0 Å². The Morgan fingerprint density at radius 3 is 2.39 bits per heavy atom. The molecule has 0 atom stereocenters. The van der Waals surface area contributed by atoms with E-state index in [0.29, 0.717) is 23.7 Å². The number of hydrogen-bond donors (Lipinski definition) is 0. The van der Waals surface area contributed by atoms with Crippen LogP contribution in [0.15, 0.2) is 53.1 Å². The maximum absolute atomic E-state index is 12.9. The van der Waals surface area contributed by atoms with Gasteiger partial charge in [0.15, 0.2) is 11.5 Å². The first-order valence-corrected chi connectivity index (χ1v) is 12.5. The van der Waals surface area contributed by atoms with Gasteiger partial charge in [-0.15, -0.1) is 0 Å². The van der Waals surface area contributed by atoms with Crippen LogP contribution in [0, 0.1) is 0 Å². The topological polar surface area (TPSA) is 51.0 Å². The predicted molar refractivity (Wildman–Crippen MR) is 130 cm³/mol. The second-order valence-electron chi connectivity index (χ2n) is 9.34. The fraction of sp³-hybridized carbons (Fsp3) is 0.444. The van der Waals surface area contributed by atoms with Crippen LogP contribution in [0.4, 0.5) is 19.1 Å². The first kappa shape index (κ1) is 24.5. The van der Waals surface area contributed by atoms with E-state index in [-0.39, 0.29) is 6.79 Å². The zero-order chi connectivity index (χ0) is 25.0. The monoisotopic (exact) mass is 501 g/mol. The quantitative estimate of drug-likeness (QED) is 0.358. The van der Waals surface area contributed by atoms with Crippen molar-refractivity contribution in [2.45, 2.75) is 44.8 Å². The van der Waals surface area contributed by atoms with Gasteiger partial charge < -0.3 is 23.8 Å². The lowest BCUT2D eigenvalue weighted by Crippen LogP contribution is -2.30. The van der Waals surface area contributed by atoms with E-state index in [9.17, 15) is 13.2 Å². The Balaban J connectivity index is 1.31. The fourth-order valence-electron chi connectivity index (χ4n) is 4.75. The molecule has 6 nitrogen and oxygen atoms in total. The van der Waals surface area contributed by atoms with Crippen LogP contribution < -0.4 is 14.4 Å². The largest absolute Gasteiger partial charge is 0.454 e. The molecule has 0 unspecified atom stereocenters. The molecule has 1 saturated heterocycles. The molecule has 1 aromatic heterocycles. The number of alkyl halides is 3. The fourth-order valence-corrected chi connectivity index (χ4v) is 4.75. The molecule has 2 aliphatic rings. The Kier molecular flexibility index (Phi) is 7.36. The Morgan fingerprint density at radius 2 is 1.64 bits per heavy atom. The Labute approximate surface area is 208 Å². The van der Waals surface area contributed by atoms with E-state index >= 15 is 0 Å². The van der Waals surface area contributed by atoms with Crippen LogP contribution in [0.3, 0.4) is 0 Å². The van der Waals surface area contributed by atoms with Crippen LogP contribution in [-0.4, -0.2) is 43.0 Å². The summed E-state index contributed by atoms with van der Waals surface area (Å²) >= 11 is 0. The third-order valence-electron chi connectivity index (χ3n) is 6.73. The second-order valence-corrected chi connectivity index (χ2v) is 9.34. The lowest BCUT2D eigenvalue weighted by Gasteiger charge is -2.24. The molecule has 0 radical (unpaired) electrons. The highest BCUT2D eigenvalue weighted by Crippen LogP contribution is 2.34. The van der Waals surface area contributed by atoms with Gasteiger partial charge >= 0.3 is 6.18 Å². The van der Waals surface area contributed by atoms with Crippen molar-refractivity contribution in [2.24, 2.45) is 0 Å². The molecule has 192 valence electrons. The minimum absolute atomic E-state index is 0.219. The maximum Gasteiger partial charge on any atom is 0.416 e.